The van der Waals surface area contributed by atoms with Crippen LogP contribution in [0.25, 0.3) is 0 Å². The molecule has 38 heavy (non-hydrogen) atoms. The number of hydrogen-bond acceptors (Lipinski definition) is 7. The number of halogens is 2. The third-order valence-corrected chi connectivity index (χ3v) is 7.09. The maximum Gasteiger partial charge on any atom is 0.306 e. The molecule has 0 aliphatic carbocycles. The van der Waals surface area contributed by atoms with E-state index in [1.165, 1.54) is 19.1 Å². The molecule has 2 aromatic carbocycles. The number of hydrogen-bond donors (Lipinski definition) is 1. The van der Waals surface area contributed by atoms with Crippen LogP contribution in [-0.4, -0.2) is 67.1 Å². The Kier molecular flexibility index (Phi) is 8.70. The minimum Gasteiger partial charge on any atom is -0.484 e. The molecule has 2 aliphatic rings. The first-order valence-electron chi connectivity index (χ1n) is 12.6. The maximum absolute atomic E-state index is 13.7. The average Bonchev–Trinajstić information content (AvgIpc) is 2.87. The summed E-state index contributed by atoms with van der Waals surface area (Å²) in [7, 11) is 0. The molecule has 10 heteroatoms. The van der Waals surface area contributed by atoms with Gasteiger partial charge >= 0.3 is 5.97 Å². The van der Waals surface area contributed by atoms with E-state index >= 15 is 0 Å². The van der Waals surface area contributed by atoms with Gasteiger partial charge in [-0.3, -0.25) is 19.3 Å². The summed E-state index contributed by atoms with van der Waals surface area (Å²) in [4.78, 5) is 40.6. The van der Waals surface area contributed by atoms with Gasteiger partial charge in [-0.15, -0.1) is 0 Å². The van der Waals surface area contributed by atoms with Gasteiger partial charge in [-0.25, -0.2) is 4.39 Å². The van der Waals surface area contributed by atoms with Gasteiger partial charge in [0.2, 0.25) is 0 Å². The largest absolute Gasteiger partial charge is 0.484 e. The van der Waals surface area contributed by atoms with Crippen molar-refractivity contribution in [3.8, 4) is 5.75 Å². The Morgan fingerprint density at radius 2 is 1.84 bits per heavy atom. The number of fused-ring (bicyclic) bond motifs is 1. The number of rotatable bonds is 8. The number of ether oxygens (including phenoxy) is 3. The fraction of sp³-hybridized carbons (Fsp3) is 0.464. The monoisotopic (exact) mass is 546 g/mol. The number of benzene rings is 2. The van der Waals surface area contributed by atoms with E-state index < -0.39 is 35.4 Å². The van der Waals surface area contributed by atoms with E-state index in [0.29, 0.717) is 36.5 Å². The molecule has 0 aromatic heterocycles. The van der Waals surface area contributed by atoms with Crippen molar-refractivity contribution in [2.45, 2.75) is 51.4 Å². The fourth-order valence-electron chi connectivity index (χ4n) is 4.71. The van der Waals surface area contributed by atoms with Crippen LogP contribution in [0.15, 0.2) is 36.4 Å². The smallest absolute Gasteiger partial charge is 0.306 e. The third kappa shape index (κ3) is 6.51. The first-order valence-corrected chi connectivity index (χ1v) is 13.0. The second kappa shape index (κ2) is 11.8. The van der Waals surface area contributed by atoms with E-state index in [4.69, 9.17) is 25.8 Å². The molecule has 0 radical (unpaired) electrons. The zero-order valence-corrected chi connectivity index (χ0v) is 22.5. The van der Waals surface area contributed by atoms with Crippen LogP contribution >= 0.6 is 11.6 Å². The Morgan fingerprint density at radius 1 is 1.13 bits per heavy atom. The average molecular weight is 547 g/mol. The van der Waals surface area contributed by atoms with Crippen LogP contribution in [0.3, 0.4) is 0 Å². The Hall–Kier alpha value is -3.01. The molecular weight excluding hydrogens is 515 g/mol. The quantitative estimate of drug-likeness (QED) is 0.388. The summed E-state index contributed by atoms with van der Waals surface area (Å²) in [6.45, 7) is 8.75. The lowest BCUT2D eigenvalue weighted by atomic mass is 9.85. The van der Waals surface area contributed by atoms with E-state index in [-0.39, 0.29) is 22.8 Å². The predicted octanol–water partition coefficient (Wildman–Crippen LogP) is 4.35. The van der Waals surface area contributed by atoms with Gasteiger partial charge in [0, 0.05) is 36.2 Å². The molecule has 2 aliphatic heterocycles. The van der Waals surface area contributed by atoms with Crippen LogP contribution in [0.4, 0.5) is 4.39 Å². The van der Waals surface area contributed by atoms with Gasteiger partial charge in [0.25, 0.3) is 5.91 Å². The van der Waals surface area contributed by atoms with E-state index in [2.05, 4.69) is 10.2 Å². The molecule has 0 unspecified atom stereocenters. The lowest BCUT2D eigenvalue weighted by molar-refractivity contribution is -0.165. The minimum atomic E-state index is -1.01. The Bertz CT molecular complexity index is 1210. The number of esters is 1. The van der Waals surface area contributed by atoms with Crippen molar-refractivity contribution in [2.75, 3.05) is 32.8 Å². The highest BCUT2D eigenvalue weighted by molar-refractivity contribution is 6.31. The van der Waals surface area contributed by atoms with E-state index in [1.54, 1.807) is 32.0 Å². The molecule has 1 fully saturated rings. The molecule has 2 atom stereocenters. The van der Waals surface area contributed by atoms with Crippen molar-refractivity contribution >= 4 is 29.3 Å². The van der Waals surface area contributed by atoms with Gasteiger partial charge in [-0.05, 0) is 70.1 Å². The number of carbonyl (C=O) groups is 3. The number of carbonyl (C=O) groups excluding carboxylic acids is 3. The number of nitrogens with one attached hydrogen (secondary N) is 1. The van der Waals surface area contributed by atoms with Crippen molar-refractivity contribution in [3.05, 3.63) is 63.9 Å². The molecule has 1 saturated heterocycles. The van der Waals surface area contributed by atoms with Crippen molar-refractivity contribution in [2.24, 2.45) is 0 Å². The summed E-state index contributed by atoms with van der Waals surface area (Å²) in [6.07, 6.45) is -0.102. The van der Waals surface area contributed by atoms with E-state index in [0.717, 1.165) is 25.7 Å². The normalized spacial score (nSPS) is 20.7. The summed E-state index contributed by atoms with van der Waals surface area (Å²) >= 11 is 5.89. The summed E-state index contributed by atoms with van der Waals surface area (Å²) in [5, 5.41) is 2.72. The van der Waals surface area contributed by atoms with E-state index in [9.17, 15) is 18.8 Å². The SMILES string of the molecule is CC(=O)c1ccc2c(c1)[C@H](NC(=O)c1ccc(F)c(Cl)c1)[C@H](OC(=O)CCCN1CCOCC1)C(C)(C)O2. The zero-order chi connectivity index (χ0) is 27.4. The fourth-order valence-corrected chi connectivity index (χ4v) is 4.89. The third-order valence-electron chi connectivity index (χ3n) is 6.80. The standard InChI is InChI=1S/C28H32ClFN2O6/c1-17(33)18-7-9-23-20(15-18)25(31-27(35)19-6-8-22(30)21(29)16-19)26(28(2,3)38-23)37-24(34)5-4-10-32-11-13-36-14-12-32/h6-9,15-16,25-26H,4-5,10-14H2,1-3H3,(H,31,35)/t25-,26-/m0/s1. The van der Waals surface area contributed by atoms with Gasteiger partial charge in [0.05, 0.1) is 24.3 Å². The zero-order valence-electron chi connectivity index (χ0n) is 21.7. The van der Waals surface area contributed by atoms with Crippen molar-refractivity contribution in [1.82, 2.24) is 10.2 Å². The predicted molar refractivity (Wildman–Crippen MR) is 139 cm³/mol. The summed E-state index contributed by atoms with van der Waals surface area (Å²) in [5.74, 6) is -1.31. The van der Waals surface area contributed by atoms with Crippen LogP contribution in [0.5, 0.6) is 5.75 Å². The highest BCUT2D eigenvalue weighted by Crippen LogP contribution is 2.42. The van der Waals surface area contributed by atoms with Crippen LogP contribution in [0, 0.1) is 5.82 Å². The molecule has 2 aromatic rings. The summed E-state index contributed by atoms with van der Waals surface area (Å²) in [5.41, 5.74) is 0.0557. The topological polar surface area (TPSA) is 94.2 Å². The van der Waals surface area contributed by atoms with Crippen LogP contribution < -0.4 is 10.1 Å². The second-order valence-corrected chi connectivity index (χ2v) is 10.5. The first kappa shape index (κ1) is 28.0. The number of nitrogens with zero attached hydrogens (tertiary/aromatic N) is 1. The molecule has 8 nitrogen and oxygen atoms in total. The number of morpholine rings is 1. The molecule has 1 N–H and O–H groups in total. The highest BCUT2D eigenvalue weighted by Gasteiger charge is 2.47. The number of amides is 1. The number of Topliss-reactive ketones (excluding diaryl/α,β-unsaturated/α-hetero) is 1. The Balaban J connectivity index is 1.58. The van der Waals surface area contributed by atoms with E-state index in [1.807, 2.05) is 0 Å². The Morgan fingerprint density at radius 3 is 2.53 bits per heavy atom. The van der Waals surface area contributed by atoms with Gasteiger partial charge in [0.1, 0.15) is 17.2 Å². The molecule has 4 rings (SSSR count). The summed E-state index contributed by atoms with van der Waals surface area (Å²) < 4.78 is 31.2. The molecular formula is C28H32ClFN2O6. The van der Waals surface area contributed by atoms with Crippen LogP contribution in [0.2, 0.25) is 5.02 Å². The number of ketones is 1. The second-order valence-electron chi connectivity index (χ2n) is 10.1. The highest BCUT2D eigenvalue weighted by atomic mass is 35.5. The maximum atomic E-state index is 13.7. The van der Waals surface area contributed by atoms with Gasteiger partial charge in [0.15, 0.2) is 11.9 Å². The van der Waals surface area contributed by atoms with Gasteiger partial charge in [-0.2, -0.15) is 0 Å². The van der Waals surface area contributed by atoms with Crippen LogP contribution in [0.1, 0.15) is 65.9 Å². The molecule has 0 bridgehead atoms. The van der Waals surface area contributed by atoms with Crippen molar-refractivity contribution in [3.63, 3.8) is 0 Å². The van der Waals surface area contributed by atoms with Crippen molar-refractivity contribution in [1.29, 1.82) is 0 Å². The molecule has 0 saturated carbocycles. The Labute approximate surface area is 226 Å². The van der Waals surface area contributed by atoms with Crippen molar-refractivity contribution < 1.29 is 33.0 Å². The molecule has 0 spiro atoms. The van der Waals surface area contributed by atoms with Crippen LogP contribution in [-0.2, 0) is 14.3 Å². The molecule has 204 valence electrons. The minimum absolute atomic E-state index is 0.139. The molecule has 2 heterocycles. The lowest BCUT2D eigenvalue weighted by Gasteiger charge is -2.44. The molecule has 1 amide bonds. The van der Waals surface area contributed by atoms with Gasteiger partial charge < -0.3 is 19.5 Å². The lowest BCUT2D eigenvalue weighted by Crippen LogP contribution is -2.55. The first-order chi connectivity index (χ1) is 18.0. The van der Waals surface area contributed by atoms with Gasteiger partial charge in [-0.1, -0.05) is 11.6 Å². The summed E-state index contributed by atoms with van der Waals surface area (Å²) in [6, 6.07) is 7.77.